The quantitative estimate of drug-likeness (QED) is 0.257. The largest absolute Gasteiger partial charge is 0.478 e. The number of nitrogens with one attached hydrogen (secondary N) is 3. The molecule has 0 saturated carbocycles. The number of pyridine rings is 1. The maximum Gasteiger partial charge on any atom is 0.335 e. The van der Waals surface area contributed by atoms with E-state index in [2.05, 4.69) is 30.9 Å². The fourth-order valence-corrected chi connectivity index (χ4v) is 4.27. The number of hydrogen-bond acceptors (Lipinski definition) is 8. The second kappa shape index (κ2) is 10.1. The minimum atomic E-state index is -1.16. The molecular formula is C25H17Cl2FN6O4. The number of aliphatic imine (C=N–C) groups is 1. The van der Waals surface area contributed by atoms with E-state index in [0.717, 1.165) is 0 Å². The van der Waals surface area contributed by atoms with E-state index in [1.54, 1.807) is 25.1 Å². The molecule has 13 heteroatoms. The van der Waals surface area contributed by atoms with Crippen molar-refractivity contribution in [3.63, 3.8) is 0 Å². The lowest BCUT2D eigenvalue weighted by molar-refractivity contribution is -0.113. The Morgan fingerprint density at radius 3 is 2.76 bits per heavy atom. The normalized spacial score (nSPS) is 15.2. The molecule has 0 bridgehead atoms. The van der Waals surface area contributed by atoms with Gasteiger partial charge >= 0.3 is 12.0 Å². The Bertz CT molecular complexity index is 1670. The summed E-state index contributed by atoms with van der Waals surface area (Å²) in [6.45, 7) is 1.65. The van der Waals surface area contributed by atoms with Crippen LogP contribution in [0.2, 0.25) is 10.0 Å². The number of fused-ring (bicyclic) bond motifs is 1. The monoisotopic (exact) mass is 554 g/mol. The molecule has 10 nitrogen and oxygen atoms in total. The van der Waals surface area contributed by atoms with Crippen LogP contribution >= 0.6 is 23.2 Å². The van der Waals surface area contributed by atoms with Crippen LogP contribution in [-0.2, 0) is 4.79 Å². The zero-order chi connectivity index (χ0) is 27.0. The molecule has 5 rings (SSSR count). The van der Waals surface area contributed by atoms with Crippen LogP contribution in [0, 0.1) is 5.82 Å². The number of rotatable bonds is 5. The minimum Gasteiger partial charge on any atom is -0.478 e. The van der Waals surface area contributed by atoms with Crippen molar-refractivity contribution >= 4 is 64.0 Å². The number of carbonyl (C=O) groups is 2. The van der Waals surface area contributed by atoms with Crippen molar-refractivity contribution in [1.82, 2.24) is 15.3 Å². The SMILES string of the molecule is CC1=C(C(=O)Nc2cc(C(=O)O)ccn2)C(c2cccc(Cl)c2Cl)N=C(Nc2nc3ccc(F)cc3o2)N1. The van der Waals surface area contributed by atoms with Crippen LogP contribution in [-0.4, -0.2) is 32.9 Å². The van der Waals surface area contributed by atoms with Crippen molar-refractivity contribution in [3.8, 4) is 0 Å². The highest BCUT2D eigenvalue weighted by Crippen LogP contribution is 2.38. The van der Waals surface area contributed by atoms with E-state index in [1.807, 2.05) is 0 Å². The van der Waals surface area contributed by atoms with Crippen molar-refractivity contribution in [2.24, 2.45) is 4.99 Å². The zero-order valence-corrected chi connectivity index (χ0v) is 20.9. The Morgan fingerprint density at radius 1 is 1.16 bits per heavy atom. The topological polar surface area (TPSA) is 142 Å². The third-order valence-electron chi connectivity index (χ3n) is 5.59. The number of aromatic carboxylic acids is 1. The number of carboxylic acid groups (broad SMARTS) is 1. The van der Waals surface area contributed by atoms with Gasteiger partial charge in [-0.3, -0.25) is 10.1 Å². The van der Waals surface area contributed by atoms with Gasteiger partial charge in [0, 0.05) is 23.5 Å². The van der Waals surface area contributed by atoms with Gasteiger partial charge in [-0.1, -0.05) is 35.3 Å². The number of allylic oxidation sites excluding steroid dienone is 1. The van der Waals surface area contributed by atoms with Gasteiger partial charge in [-0.05, 0) is 37.3 Å². The van der Waals surface area contributed by atoms with Gasteiger partial charge < -0.3 is 20.2 Å². The zero-order valence-electron chi connectivity index (χ0n) is 19.4. The average Bonchev–Trinajstić information content (AvgIpc) is 3.26. The van der Waals surface area contributed by atoms with Gasteiger partial charge in [0.05, 0.1) is 21.2 Å². The van der Waals surface area contributed by atoms with Crippen molar-refractivity contribution in [2.75, 3.05) is 10.6 Å². The van der Waals surface area contributed by atoms with E-state index in [4.69, 9.17) is 27.6 Å². The first-order chi connectivity index (χ1) is 18.2. The molecule has 0 aliphatic carbocycles. The summed E-state index contributed by atoms with van der Waals surface area (Å²) in [5.74, 6) is -2.01. The van der Waals surface area contributed by atoms with Crippen molar-refractivity contribution in [1.29, 1.82) is 0 Å². The molecule has 0 radical (unpaired) electrons. The van der Waals surface area contributed by atoms with Crippen LogP contribution in [0.25, 0.3) is 11.1 Å². The maximum atomic E-state index is 13.6. The number of carboxylic acids is 1. The predicted octanol–water partition coefficient (Wildman–Crippen LogP) is 5.39. The number of guanidine groups is 1. The Morgan fingerprint density at radius 2 is 1.97 bits per heavy atom. The molecule has 1 atom stereocenters. The Balaban J connectivity index is 1.50. The van der Waals surface area contributed by atoms with Gasteiger partial charge in [0.2, 0.25) is 5.96 Å². The fourth-order valence-electron chi connectivity index (χ4n) is 3.86. The van der Waals surface area contributed by atoms with Crippen molar-refractivity contribution in [3.05, 3.63) is 93.0 Å². The second-order valence-corrected chi connectivity index (χ2v) is 8.92. The average molecular weight is 555 g/mol. The van der Waals surface area contributed by atoms with Crippen LogP contribution in [0.4, 0.5) is 16.2 Å². The Labute approximate surface area is 224 Å². The summed E-state index contributed by atoms with van der Waals surface area (Å²) in [5.41, 5.74) is 1.65. The molecule has 0 fully saturated rings. The third kappa shape index (κ3) is 5.01. The standard InChI is InChI=1S/C25H17Cl2FN6O4/c1-11-19(22(35)32-18-9-12(23(36)37)7-8-29-18)21(14-3-2-4-15(26)20(14)27)33-24(30-11)34-25-31-16-6-5-13(28)10-17(16)38-25/h2-10,21H,1H3,(H,36,37)(H,29,32,35)(H2,30,31,33,34). The number of carbonyl (C=O) groups excluding carboxylic acids is 1. The first-order valence-corrected chi connectivity index (χ1v) is 11.8. The Kier molecular flexibility index (Phi) is 6.70. The van der Waals surface area contributed by atoms with Gasteiger partial charge in [-0.2, -0.15) is 4.98 Å². The van der Waals surface area contributed by atoms with E-state index >= 15 is 0 Å². The number of halogens is 3. The molecular weight excluding hydrogens is 538 g/mol. The van der Waals surface area contributed by atoms with E-state index < -0.39 is 23.7 Å². The summed E-state index contributed by atoms with van der Waals surface area (Å²) in [6, 6.07) is 10.6. The first-order valence-electron chi connectivity index (χ1n) is 11.0. The van der Waals surface area contributed by atoms with E-state index in [9.17, 15) is 19.1 Å². The second-order valence-electron chi connectivity index (χ2n) is 8.13. The molecule has 1 aliphatic heterocycles. The molecule has 2 aromatic heterocycles. The number of oxazole rings is 1. The van der Waals surface area contributed by atoms with Crippen molar-refractivity contribution < 1.29 is 23.5 Å². The van der Waals surface area contributed by atoms with Gasteiger partial charge in [0.15, 0.2) is 5.58 Å². The summed E-state index contributed by atoms with van der Waals surface area (Å²) in [4.78, 5) is 37.7. The van der Waals surface area contributed by atoms with Crippen molar-refractivity contribution in [2.45, 2.75) is 13.0 Å². The van der Waals surface area contributed by atoms with Crippen LogP contribution in [0.15, 0.2) is 75.4 Å². The van der Waals surface area contributed by atoms with Crippen LogP contribution in [0.1, 0.15) is 28.9 Å². The van der Waals surface area contributed by atoms with Crippen LogP contribution in [0.3, 0.4) is 0 Å². The predicted molar refractivity (Wildman–Crippen MR) is 140 cm³/mol. The van der Waals surface area contributed by atoms with Gasteiger partial charge in [-0.15, -0.1) is 0 Å². The lowest BCUT2D eigenvalue weighted by atomic mass is 9.95. The summed E-state index contributed by atoms with van der Waals surface area (Å²) < 4.78 is 19.1. The number of anilines is 2. The molecule has 1 aliphatic rings. The number of aromatic nitrogens is 2. The van der Waals surface area contributed by atoms with E-state index in [0.29, 0.717) is 16.8 Å². The summed E-state index contributed by atoms with van der Waals surface area (Å²) in [7, 11) is 0. The molecule has 192 valence electrons. The molecule has 38 heavy (non-hydrogen) atoms. The van der Waals surface area contributed by atoms with Gasteiger partial charge in [0.1, 0.15) is 23.2 Å². The number of benzene rings is 2. The number of amides is 1. The molecule has 1 amide bonds. The van der Waals surface area contributed by atoms with E-state index in [-0.39, 0.29) is 44.6 Å². The summed E-state index contributed by atoms with van der Waals surface area (Å²) in [6.07, 6.45) is 1.27. The third-order valence-corrected chi connectivity index (χ3v) is 6.42. The van der Waals surface area contributed by atoms with E-state index in [1.165, 1.54) is 36.5 Å². The highest BCUT2D eigenvalue weighted by Gasteiger charge is 2.32. The van der Waals surface area contributed by atoms with Crippen LogP contribution < -0.4 is 16.0 Å². The lowest BCUT2D eigenvalue weighted by Gasteiger charge is -2.27. The van der Waals surface area contributed by atoms with Gasteiger partial charge in [0.25, 0.3) is 5.91 Å². The number of nitrogens with zero attached hydrogens (tertiary/aromatic N) is 3. The maximum absolute atomic E-state index is 13.6. The molecule has 2 aromatic carbocycles. The first kappa shape index (κ1) is 25.2. The smallest absolute Gasteiger partial charge is 0.335 e. The van der Waals surface area contributed by atoms with Gasteiger partial charge in [-0.25, -0.2) is 19.2 Å². The Hall–Kier alpha value is -4.48. The highest BCUT2D eigenvalue weighted by molar-refractivity contribution is 6.42. The molecule has 0 spiro atoms. The molecule has 1 unspecified atom stereocenters. The van der Waals surface area contributed by atoms with Crippen LogP contribution in [0.5, 0.6) is 0 Å². The minimum absolute atomic E-state index is 0.0396. The fraction of sp³-hybridized carbons (Fsp3) is 0.0800. The molecule has 0 saturated heterocycles. The summed E-state index contributed by atoms with van der Waals surface area (Å²) in [5, 5.41) is 18.2. The molecule has 4 aromatic rings. The summed E-state index contributed by atoms with van der Waals surface area (Å²) >= 11 is 12.7. The molecule has 3 heterocycles. The molecule has 4 N–H and O–H groups in total. The highest BCUT2D eigenvalue weighted by atomic mass is 35.5. The lowest BCUT2D eigenvalue weighted by Crippen LogP contribution is -2.37. The number of hydrogen-bond donors (Lipinski definition) is 4.